The molecule has 1 heterocycles. The Morgan fingerprint density at radius 3 is 2.41 bits per heavy atom. The lowest BCUT2D eigenvalue weighted by Crippen LogP contribution is -2.45. The van der Waals surface area contributed by atoms with Crippen LogP contribution >= 0.6 is 0 Å². The van der Waals surface area contributed by atoms with Crippen LogP contribution in [-0.4, -0.2) is 73.4 Å². The summed E-state index contributed by atoms with van der Waals surface area (Å²) in [6.07, 6.45) is 9.14. The second kappa shape index (κ2) is 17.2. The maximum atomic E-state index is 12.3. The first kappa shape index (κ1) is 37.1. The van der Waals surface area contributed by atoms with Crippen LogP contribution in [0.3, 0.4) is 0 Å². The fourth-order valence-corrected chi connectivity index (χ4v) is 6.94. The number of carbonyl (C=O) groups is 1. The van der Waals surface area contributed by atoms with E-state index in [9.17, 15) is 25.2 Å². The number of aliphatic hydroxyl groups excluding tert-OH is 5. The molecule has 0 spiro atoms. The molecular weight excluding hydrogens is 618 g/mol. The standard InChI is InChI=1S/C41H55NO7/c1-27(8-4-3-5-9-31(44)14-17-36(45)39(47)40(48)37(46)26-43)29-13-12-28(2)30(24-29)18-20-41(21-22-41)35-25-42-23-19-33(35)34-10-6-7-11-38(34)49-32-15-16-32/h6-7,10-13,19,23-25,27,32,36-37,39-40,43,45-48H,3-5,8-9,14-18,20-22,26H2,1-2H3/t27?,36-,37+,39+,40+/m0/s1. The van der Waals surface area contributed by atoms with Crippen LogP contribution in [0, 0.1) is 6.92 Å². The maximum absolute atomic E-state index is 12.3. The molecule has 1 aromatic heterocycles. The fourth-order valence-electron chi connectivity index (χ4n) is 6.94. The highest BCUT2D eigenvalue weighted by Gasteiger charge is 2.45. The van der Waals surface area contributed by atoms with Crippen molar-refractivity contribution >= 4 is 5.78 Å². The van der Waals surface area contributed by atoms with Gasteiger partial charge >= 0.3 is 0 Å². The van der Waals surface area contributed by atoms with Crippen molar-refractivity contribution < 1.29 is 35.1 Å². The van der Waals surface area contributed by atoms with Crippen molar-refractivity contribution in [1.82, 2.24) is 4.98 Å². The van der Waals surface area contributed by atoms with Gasteiger partial charge < -0.3 is 30.3 Å². The Kier molecular flexibility index (Phi) is 13.0. The van der Waals surface area contributed by atoms with Crippen molar-refractivity contribution in [3.8, 4) is 16.9 Å². The molecule has 0 radical (unpaired) electrons. The summed E-state index contributed by atoms with van der Waals surface area (Å²) in [5.41, 5.74) is 8.00. The Bertz CT molecular complexity index is 1520. The number of hydrogen-bond acceptors (Lipinski definition) is 8. The summed E-state index contributed by atoms with van der Waals surface area (Å²) < 4.78 is 6.30. The fraction of sp³-hybridized carbons (Fsp3) is 0.561. The van der Waals surface area contributed by atoms with Gasteiger partial charge in [0.2, 0.25) is 0 Å². The molecule has 3 aromatic rings. The first-order valence-corrected chi connectivity index (χ1v) is 18.3. The van der Waals surface area contributed by atoms with E-state index < -0.39 is 31.0 Å². The number of ether oxygens (including phenoxy) is 1. The number of para-hydroxylation sites is 1. The summed E-state index contributed by atoms with van der Waals surface area (Å²) in [7, 11) is 0. The van der Waals surface area contributed by atoms with Crippen LogP contribution in [-0.2, 0) is 16.6 Å². The molecule has 8 heteroatoms. The first-order valence-electron chi connectivity index (χ1n) is 18.3. The highest BCUT2D eigenvalue weighted by Crippen LogP contribution is 2.55. The summed E-state index contributed by atoms with van der Waals surface area (Å²) in [6, 6.07) is 17.5. The SMILES string of the molecule is Cc1ccc(C(C)CCCCCC(=O)CC[C@H](O)[C@@H](O)[C@H](O)[C@H](O)CO)cc1CCC1(c2cnccc2-c2ccccc2OC2CC2)CC1. The molecule has 49 heavy (non-hydrogen) atoms. The summed E-state index contributed by atoms with van der Waals surface area (Å²) in [4.78, 5) is 16.9. The van der Waals surface area contributed by atoms with E-state index in [-0.39, 0.29) is 24.0 Å². The lowest BCUT2D eigenvalue weighted by Gasteiger charge is -2.25. The number of unbranched alkanes of at least 4 members (excludes halogenated alkanes) is 2. The van der Waals surface area contributed by atoms with Gasteiger partial charge in [-0.15, -0.1) is 0 Å². The minimum Gasteiger partial charge on any atom is -0.490 e. The van der Waals surface area contributed by atoms with Gasteiger partial charge in [0.1, 0.15) is 29.8 Å². The maximum Gasteiger partial charge on any atom is 0.133 e. The number of aromatic nitrogens is 1. The monoisotopic (exact) mass is 673 g/mol. The number of rotatable bonds is 21. The molecule has 2 aromatic carbocycles. The molecule has 2 aliphatic rings. The predicted molar refractivity (Wildman–Crippen MR) is 191 cm³/mol. The molecule has 5 rings (SSSR count). The van der Waals surface area contributed by atoms with Crippen LogP contribution in [0.15, 0.2) is 60.9 Å². The highest BCUT2D eigenvalue weighted by molar-refractivity contribution is 5.78. The van der Waals surface area contributed by atoms with Crippen molar-refractivity contribution in [3.63, 3.8) is 0 Å². The van der Waals surface area contributed by atoms with E-state index in [1.807, 2.05) is 6.20 Å². The van der Waals surface area contributed by atoms with Gasteiger partial charge in [-0.3, -0.25) is 9.78 Å². The zero-order valence-corrected chi connectivity index (χ0v) is 29.1. The van der Waals surface area contributed by atoms with Gasteiger partial charge in [-0.2, -0.15) is 0 Å². The third-order valence-electron chi connectivity index (χ3n) is 10.7. The summed E-state index contributed by atoms with van der Waals surface area (Å²) in [5.74, 6) is 1.39. The Labute approximate surface area is 291 Å². The number of pyridine rings is 1. The normalized spacial score (nSPS) is 18.3. The van der Waals surface area contributed by atoms with Crippen molar-refractivity contribution in [1.29, 1.82) is 0 Å². The first-order chi connectivity index (χ1) is 23.6. The Morgan fingerprint density at radius 1 is 0.918 bits per heavy atom. The molecule has 0 aliphatic heterocycles. The quantitative estimate of drug-likeness (QED) is 0.0855. The van der Waals surface area contributed by atoms with Gasteiger partial charge in [0.25, 0.3) is 0 Å². The van der Waals surface area contributed by atoms with Gasteiger partial charge in [-0.05, 0) is 116 Å². The zero-order valence-electron chi connectivity index (χ0n) is 29.1. The lowest BCUT2D eigenvalue weighted by molar-refractivity contribution is -0.125. The van der Waals surface area contributed by atoms with E-state index in [2.05, 4.69) is 73.6 Å². The average Bonchev–Trinajstić information content (AvgIpc) is 4.07. The van der Waals surface area contributed by atoms with E-state index in [0.29, 0.717) is 18.4 Å². The lowest BCUT2D eigenvalue weighted by atomic mass is 9.84. The average molecular weight is 674 g/mol. The molecule has 2 saturated carbocycles. The second-order valence-electron chi connectivity index (χ2n) is 14.6. The molecular formula is C41H55NO7. The van der Waals surface area contributed by atoms with Crippen molar-refractivity contribution in [2.24, 2.45) is 0 Å². The van der Waals surface area contributed by atoms with E-state index in [0.717, 1.165) is 57.1 Å². The van der Waals surface area contributed by atoms with Crippen LogP contribution < -0.4 is 4.74 Å². The molecule has 0 amide bonds. The zero-order chi connectivity index (χ0) is 35.0. The van der Waals surface area contributed by atoms with E-state index in [1.54, 1.807) is 0 Å². The number of benzene rings is 2. The largest absolute Gasteiger partial charge is 0.490 e. The third kappa shape index (κ3) is 9.98. The van der Waals surface area contributed by atoms with E-state index in [4.69, 9.17) is 9.84 Å². The molecule has 5 N–H and O–H groups in total. The number of aryl methyl sites for hydroxylation is 2. The summed E-state index contributed by atoms with van der Waals surface area (Å²) >= 11 is 0. The summed E-state index contributed by atoms with van der Waals surface area (Å²) in [5, 5.41) is 48.1. The molecule has 0 saturated heterocycles. The Hall–Kier alpha value is -3.14. The smallest absolute Gasteiger partial charge is 0.133 e. The number of hydrogen-bond donors (Lipinski definition) is 5. The van der Waals surface area contributed by atoms with Crippen LogP contribution in [0.25, 0.3) is 11.1 Å². The number of Topliss-reactive ketones (excluding diaryl/α,β-unsaturated/α-hetero) is 1. The van der Waals surface area contributed by atoms with Crippen LogP contribution in [0.5, 0.6) is 5.75 Å². The molecule has 1 unspecified atom stereocenters. The number of ketones is 1. The van der Waals surface area contributed by atoms with Gasteiger partial charge in [0.15, 0.2) is 0 Å². The van der Waals surface area contributed by atoms with E-state index in [1.165, 1.54) is 46.2 Å². The minimum atomic E-state index is -1.67. The second-order valence-corrected chi connectivity index (χ2v) is 14.6. The molecule has 0 bridgehead atoms. The third-order valence-corrected chi connectivity index (χ3v) is 10.7. The predicted octanol–water partition coefficient (Wildman–Crippen LogP) is 6.10. The number of nitrogens with zero attached hydrogens (tertiary/aromatic N) is 1. The molecule has 5 atom stereocenters. The van der Waals surface area contributed by atoms with Gasteiger partial charge in [0.05, 0.1) is 18.8 Å². The van der Waals surface area contributed by atoms with Crippen molar-refractivity contribution in [2.75, 3.05) is 6.61 Å². The van der Waals surface area contributed by atoms with Gasteiger partial charge in [0, 0.05) is 30.8 Å². The minimum absolute atomic E-state index is 0.00214. The van der Waals surface area contributed by atoms with E-state index >= 15 is 0 Å². The number of carbonyl (C=O) groups excluding carboxylic acids is 1. The number of aliphatic hydroxyl groups is 5. The Balaban J connectivity index is 1.09. The molecule has 2 aliphatic carbocycles. The molecule has 2 fully saturated rings. The van der Waals surface area contributed by atoms with Crippen molar-refractivity contribution in [3.05, 3.63) is 83.2 Å². The van der Waals surface area contributed by atoms with Crippen LogP contribution in [0.4, 0.5) is 0 Å². The summed E-state index contributed by atoms with van der Waals surface area (Å²) in [6.45, 7) is 3.76. The highest BCUT2D eigenvalue weighted by atomic mass is 16.5. The Morgan fingerprint density at radius 2 is 1.67 bits per heavy atom. The molecule has 266 valence electrons. The van der Waals surface area contributed by atoms with Crippen LogP contribution in [0.1, 0.15) is 112 Å². The van der Waals surface area contributed by atoms with Gasteiger partial charge in [-0.25, -0.2) is 0 Å². The van der Waals surface area contributed by atoms with Crippen LogP contribution in [0.2, 0.25) is 0 Å². The van der Waals surface area contributed by atoms with Gasteiger partial charge in [-0.1, -0.05) is 56.2 Å². The topological polar surface area (TPSA) is 140 Å². The molecule has 8 nitrogen and oxygen atoms in total. The van der Waals surface area contributed by atoms with Crippen molar-refractivity contribution in [2.45, 2.75) is 139 Å².